The standard InChI is InChI=1S/C12H17NO4/c1-13(6-8-14)7-9-17-11-4-2-10(3-5-11)12(15)16/h2-5,14H,6-9H2,1H3,(H,15,16). The van der Waals surface area contributed by atoms with Crippen LogP contribution in [0.25, 0.3) is 0 Å². The Bertz CT molecular complexity index is 350. The van der Waals surface area contributed by atoms with Gasteiger partial charge in [0, 0.05) is 0 Å². The maximum atomic E-state index is 10.5. The Hall–Kier alpha value is -1.59. The minimum absolute atomic E-state index is 0.139. The van der Waals surface area contributed by atoms with E-state index in [1.54, 1.807) is 12.1 Å². The predicted octanol–water partition coefficient (Wildman–Crippen LogP) is -2.06. The smallest absolute Gasteiger partial charge is 0.137 e. The lowest BCUT2D eigenvalue weighted by Crippen LogP contribution is -3.10. The molecule has 0 aliphatic rings. The van der Waals surface area contributed by atoms with Gasteiger partial charge in [-0.2, -0.15) is 0 Å². The summed E-state index contributed by atoms with van der Waals surface area (Å²) >= 11 is 0. The third kappa shape index (κ3) is 4.84. The van der Waals surface area contributed by atoms with Crippen LogP contribution in [0.4, 0.5) is 0 Å². The van der Waals surface area contributed by atoms with E-state index in [1.165, 1.54) is 17.0 Å². The summed E-state index contributed by atoms with van der Waals surface area (Å²) in [6.07, 6.45) is 0. The molecule has 1 rings (SSSR count). The van der Waals surface area contributed by atoms with Crippen LogP contribution >= 0.6 is 0 Å². The number of carbonyl (C=O) groups excluding carboxylic acids is 1. The molecule has 1 unspecified atom stereocenters. The molecular formula is C12H17NO4. The molecule has 0 fully saturated rings. The van der Waals surface area contributed by atoms with Gasteiger partial charge < -0.3 is 24.6 Å². The van der Waals surface area contributed by atoms with Gasteiger partial charge in [-0.25, -0.2) is 0 Å². The molecule has 0 aliphatic heterocycles. The van der Waals surface area contributed by atoms with Crippen LogP contribution in [0.2, 0.25) is 0 Å². The largest absolute Gasteiger partial charge is 0.545 e. The average molecular weight is 239 g/mol. The Morgan fingerprint density at radius 2 is 2.00 bits per heavy atom. The van der Waals surface area contributed by atoms with Crippen molar-refractivity contribution in [2.24, 2.45) is 0 Å². The first-order chi connectivity index (χ1) is 8.13. The number of aromatic carboxylic acids is 1. The minimum atomic E-state index is -1.19. The second-order valence-electron chi connectivity index (χ2n) is 3.84. The number of carboxylic acid groups (broad SMARTS) is 1. The molecule has 17 heavy (non-hydrogen) atoms. The molecule has 5 heteroatoms. The number of likely N-dealkylation sites (N-methyl/N-ethyl adjacent to an activating group) is 1. The van der Waals surface area contributed by atoms with E-state index in [-0.39, 0.29) is 12.2 Å². The summed E-state index contributed by atoms with van der Waals surface area (Å²) in [5.41, 5.74) is 0.139. The van der Waals surface area contributed by atoms with Crippen LogP contribution in [0, 0.1) is 0 Å². The Labute approximate surface area is 100 Å². The van der Waals surface area contributed by atoms with Crippen LogP contribution in [-0.4, -0.2) is 44.4 Å². The summed E-state index contributed by atoms with van der Waals surface area (Å²) in [5.74, 6) is -0.560. The number of rotatable bonds is 7. The number of carboxylic acids is 1. The fourth-order valence-electron chi connectivity index (χ4n) is 1.35. The molecule has 0 spiro atoms. The number of ether oxygens (including phenoxy) is 1. The van der Waals surface area contributed by atoms with Crippen molar-refractivity contribution < 1.29 is 24.6 Å². The van der Waals surface area contributed by atoms with Crippen LogP contribution in [0.5, 0.6) is 5.75 Å². The summed E-state index contributed by atoms with van der Waals surface area (Å²) < 4.78 is 5.44. The van der Waals surface area contributed by atoms with E-state index in [4.69, 9.17) is 9.84 Å². The van der Waals surface area contributed by atoms with Crippen molar-refractivity contribution in [3.8, 4) is 5.75 Å². The van der Waals surface area contributed by atoms with Crippen LogP contribution in [0.3, 0.4) is 0 Å². The van der Waals surface area contributed by atoms with Gasteiger partial charge in [0.1, 0.15) is 25.4 Å². The van der Waals surface area contributed by atoms with Crippen molar-refractivity contribution in [1.82, 2.24) is 0 Å². The van der Waals surface area contributed by atoms with E-state index in [1.807, 2.05) is 7.05 Å². The molecule has 1 atom stereocenters. The SMILES string of the molecule is C[NH+](CCO)CCOc1ccc(C(=O)[O-])cc1. The van der Waals surface area contributed by atoms with Gasteiger partial charge in [-0.1, -0.05) is 0 Å². The highest BCUT2D eigenvalue weighted by Gasteiger charge is 2.01. The molecule has 5 nitrogen and oxygen atoms in total. The summed E-state index contributed by atoms with van der Waals surface area (Å²) in [7, 11) is 1.97. The van der Waals surface area contributed by atoms with Crippen molar-refractivity contribution in [2.75, 3.05) is 33.4 Å². The molecule has 1 aromatic carbocycles. The third-order valence-corrected chi connectivity index (χ3v) is 2.43. The van der Waals surface area contributed by atoms with Crippen molar-refractivity contribution >= 4 is 5.97 Å². The van der Waals surface area contributed by atoms with E-state index >= 15 is 0 Å². The molecule has 0 aromatic heterocycles. The number of hydrogen-bond acceptors (Lipinski definition) is 4. The van der Waals surface area contributed by atoms with E-state index < -0.39 is 5.97 Å². The average Bonchev–Trinajstić information content (AvgIpc) is 2.30. The fourth-order valence-corrected chi connectivity index (χ4v) is 1.35. The first-order valence-corrected chi connectivity index (χ1v) is 5.50. The highest BCUT2D eigenvalue weighted by Crippen LogP contribution is 2.11. The van der Waals surface area contributed by atoms with Gasteiger partial charge in [-0.3, -0.25) is 0 Å². The van der Waals surface area contributed by atoms with Crippen molar-refractivity contribution in [2.45, 2.75) is 0 Å². The van der Waals surface area contributed by atoms with Crippen molar-refractivity contribution in [3.63, 3.8) is 0 Å². The van der Waals surface area contributed by atoms with Gasteiger partial charge >= 0.3 is 0 Å². The van der Waals surface area contributed by atoms with Crippen molar-refractivity contribution in [1.29, 1.82) is 0 Å². The van der Waals surface area contributed by atoms with Gasteiger partial charge in [-0.05, 0) is 29.8 Å². The molecule has 0 saturated carbocycles. The van der Waals surface area contributed by atoms with Gasteiger partial charge in [0.2, 0.25) is 0 Å². The summed E-state index contributed by atoms with van der Waals surface area (Å²) in [6.45, 7) is 2.15. The molecule has 0 bridgehead atoms. The molecule has 0 saturated heterocycles. The molecule has 94 valence electrons. The second kappa shape index (κ2) is 6.88. The second-order valence-corrected chi connectivity index (χ2v) is 3.84. The number of hydrogen-bond donors (Lipinski definition) is 2. The zero-order chi connectivity index (χ0) is 12.7. The number of benzene rings is 1. The molecule has 0 amide bonds. The Balaban J connectivity index is 2.34. The lowest BCUT2D eigenvalue weighted by Gasteiger charge is -2.13. The number of carbonyl (C=O) groups is 1. The topological polar surface area (TPSA) is 74.0 Å². The zero-order valence-electron chi connectivity index (χ0n) is 9.81. The summed E-state index contributed by atoms with van der Waals surface area (Å²) in [6, 6.07) is 6.11. The Morgan fingerprint density at radius 1 is 1.35 bits per heavy atom. The van der Waals surface area contributed by atoms with Crippen LogP contribution < -0.4 is 14.7 Å². The maximum absolute atomic E-state index is 10.5. The van der Waals surface area contributed by atoms with Gasteiger partial charge in [0.05, 0.1) is 19.6 Å². The molecule has 0 heterocycles. The zero-order valence-corrected chi connectivity index (χ0v) is 9.81. The predicted molar refractivity (Wildman–Crippen MR) is 60.0 cm³/mol. The van der Waals surface area contributed by atoms with Crippen LogP contribution in [0.1, 0.15) is 10.4 Å². The molecule has 0 radical (unpaired) electrons. The summed E-state index contributed by atoms with van der Waals surface area (Å²) in [4.78, 5) is 11.7. The fraction of sp³-hybridized carbons (Fsp3) is 0.417. The number of quaternary nitrogens is 1. The van der Waals surface area contributed by atoms with Gasteiger partial charge in [0.15, 0.2) is 0 Å². The highest BCUT2D eigenvalue weighted by molar-refractivity contribution is 5.85. The van der Waals surface area contributed by atoms with Gasteiger partial charge in [-0.15, -0.1) is 0 Å². The quantitative estimate of drug-likeness (QED) is 0.573. The van der Waals surface area contributed by atoms with E-state index in [2.05, 4.69) is 0 Å². The maximum Gasteiger partial charge on any atom is 0.137 e. The number of nitrogens with one attached hydrogen (secondary N) is 1. The highest BCUT2D eigenvalue weighted by atomic mass is 16.5. The number of aliphatic hydroxyl groups excluding tert-OH is 1. The Morgan fingerprint density at radius 3 is 2.53 bits per heavy atom. The minimum Gasteiger partial charge on any atom is -0.545 e. The monoisotopic (exact) mass is 239 g/mol. The number of aliphatic hydroxyl groups is 1. The van der Waals surface area contributed by atoms with E-state index in [0.29, 0.717) is 18.9 Å². The van der Waals surface area contributed by atoms with Crippen LogP contribution in [0.15, 0.2) is 24.3 Å². The summed E-state index contributed by atoms with van der Waals surface area (Å²) in [5, 5.41) is 19.2. The molecule has 2 N–H and O–H groups in total. The molecule has 0 aliphatic carbocycles. The van der Waals surface area contributed by atoms with Crippen LogP contribution in [-0.2, 0) is 0 Å². The first kappa shape index (κ1) is 13.5. The van der Waals surface area contributed by atoms with Gasteiger partial charge in [0.25, 0.3) is 0 Å². The Kier molecular flexibility index (Phi) is 5.45. The third-order valence-electron chi connectivity index (χ3n) is 2.43. The van der Waals surface area contributed by atoms with Crippen molar-refractivity contribution in [3.05, 3.63) is 29.8 Å². The van der Waals surface area contributed by atoms with E-state index in [0.717, 1.165) is 6.54 Å². The normalized spacial score (nSPS) is 12.1. The lowest BCUT2D eigenvalue weighted by atomic mass is 10.2. The molecule has 1 aromatic rings. The lowest BCUT2D eigenvalue weighted by molar-refractivity contribution is -0.880. The molecular weight excluding hydrogens is 222 g/mol. The van der Waals surface area contributed by atoms with E-state index in [9.17, 15) is 9.90 Å². The first-order valence-electron chi connectivity index (χ1n) is 5.50.